The molecular weight excluding hydrogens is 414 g/mol. The van der Waals surface area contributed by atoms with Crippen molar-refractivity contribution >= 4 is 39.6 Å². The van der Waals surface area contributed by atoms with Crippen molar-refractivity contribution in [2.45, 2.75) is 45.6 Å². The van der Waals surface area contributed by atoms with Gasteiger partial charge in [-0.25, -0.2) is 4.98 Å². The van der Waals surface area contributed by atoms with E-state index in [1.54, 1.807) is 11.3 Å². The van der Waals surface area contributed by atoms with Gasteiger partial charge in [0.1, 0.15) is 0 Å². The second-order valence-electron chi connectivity index (χ2n) is 7.16. The molecule has 5 nitrogen and oxygen atoms in total. The van der Waals surface area contributed by atoms with Crippen LogP contribution in [0.4, 0.5) is 5.13 Å². The normalized spacial score (nSPS) is 12.0. The molecule has 1 unspecified atom stereocenters. The van der Waals surface area contributed by atoms with Gasteiger partial charge in [0.2, 0.25) is 11.8 Å². The predicted octanol–water partition coefficient (Wildman–Crippen LogP) is 5.22. The standard InChI is InChI=1S/C23H27N3O2S2/c1-3-16(4-2)22(17-9-6-5-7-10-17)25-20(27)13-18-15-30-23(24-18)26-21(28)14-19-11-8-12-29-19/h5-12,15-16,22H,3-4,13-14H2,1-2H3,(H,25,27)(H,24,26,28). The summed E-state index contributed by atoms with van der Waals surface area (Å²) in [6, 6.07) is 14.0. The maximum absolute atomic E-state index is 12.7. The lowest BCUT2D eigenvalue weighted by Gasteiger charge is -2.27. The van der Waals surface area contributed by atoms with Crippen molar-refractivity contribution in [2.75, 3.05) is 5.32 Å². The van der Waals surface area contributed by atoms with Gasteiger partial charge in [0.25, 0.3) is 0 Å². The molecule has 0 spiro atoms. The van der Waals surface area contributed by atoms with Gasteiger partial charge in [-0.05, 0) is 22.9 Å². The first-order chi connectivity index (χ1) is 14.6. The number of nitrogens with zero attached hydrogens (tertiary/aromatic N) is 1. The summed E-state index contributed by atoms with van der Waals surface area (Å²) in [6.45, 7) is 4.31. The number of aromatic nitrogens is 1. The first kappa shape index (κ1) is 22.2. The number of benzene rings is 1. The third kappa shape index (κ3) is 6.24. The fraction of sp³-hybridized carbons (Fsp3) is 0.348. The number of hydrogen-bond donors (Lipinski definition) is 2. The molecule has 0 saturated heterocycles. The highest BCUT2D eigenvalue weighted by Crippen LogP contribution is 2.27. The molecule has 30 heavy (non-hydrogen) atoms. The third-order valence-corrected chi connectivity index (χ3v) is 6.73. The molecule has 0 aliphatic heterocycles. The summed E-state index contributed by atoms with van der Waals surface area (Å²) in [5.41, 5.74) is 1.79. The van der Waals surface area contributed by atoms with Gasteiger partial charge in [-0.1, -0.05) is 63.1 Å². The van der Waals surface area contributed by atoms with Gasteiger partial charge in [0.15, 0.2) is 5.13 Å². The zero-order valence-corrected chi connectivity index (χ0v) is 18.9. The smallest absolute Gasteiger partial charge is 0.231 e. The van der Waals surface area contributed by atoms with Gasteiger partial charge in [0.05, 0.1) is 24.6 Å². The number of carbonyl (C=O) groups is 2. The third-order valence-electron chi connectivity index (χ3n) is 5.05. The maximum Gasteiger partial charge on any atom is 0.231 e. The largest absolute Gasteiger partial charge is 0.349 e. The van der Waals surface area contributed by atoms with E-state index in [9.17, 15) is 9.59 Å². The van der Waals surface area contributed by atoms with Crippen molar-refractivity contribution in [1.82, 2.24) is 10.3 Å². The number of amides is 2. The Bertz CT molecular complexity index is 935. The van der Waals surface area contributed by atoms with Crippen LogP contribution in [0, 0.1) is 5.92 Å². The van der Waals surface area contributed by atoms with Gasteiger partial charge in [0, 0.05) is 10.3 Å². The molecule has 158 valence electrons. The van der Waals surface area contributed by atoms with Crippen molar-refractivity contribution < 1.29 is 9.59 Å². The quantitative estimate of drug-likeness (QED) is 0.453. The minimum atomic E-state index is -0.0966. The number of rotatable bonds is 10. The molecule has 7 heteroatoms. The Kier molecular flexibility index (Phi) is 8.16. The van der Waals surface area contributed by atoms with E-state index in [1.807, 2.05) is 41.1 Å². The summed E-state index contributed by atoms with van der Waals surface area (Å²) >= 11 is 2.90. The number of thiophene rings is 1. The van der Waals surface area contributed by atoms with Gasteiger partial charge < -0.3 is 10.6 Å². The lowest BCUT2D eigenvalue weighted by atomic mass is 9.88. The number of nitrogens with one attached hydrogen (secondary N) is 2. The predicted molar refractivity (Wildman–Crippen MR) is 124 cm³/mol. The molecule has 0 aliphatic carbocycles. The number of thiazole rings is 1. The van der Waals surface area contributed by atoms with Crippen molar-refractivity contribution in [3.63, 3.8) is 0 Å². The van der Waals surface area contributed by atoms with Gasteiger partial charge in [-0.15, -0.1) is 22.7 Å². The van der Waals surface area contributed by atoms with Crippen molar-refractivity contribution in [2.24, 2.45) is 5.92 Å². The van der Waals surface area contributed by atoms with Crippen LogP contribution in [-0.4, -0.2) is 16.8 Å². The molecule has 0 radical (unpaired) electrons. The highest BCUT2D eigenvalue weighted by molar-refractivity contribution is 7.14. The van der Waals surface area contributed by atoms with Crippen LogP contribution in [0.2, 0.25) is 0 Å². The summed E-state index contributed by atoms with van der Waals surface area (Å²) in [7, 11) is 0. The Morgan fingerprint density at radius 1 is 0.967 bits per heavy atom. The van der Waals surface area contributed by atoms with Crippen LogP contribution in [-0.2, 0) is 22.4 Å². The molecule has 2 amide bonds. The van der Waals surface area contributed by atoms with Crippen LogP contribution < -0.4 is 10.6 Å². The van der Waals surface area contributed by atoms with Gasteiger partial charge >= 0.3 is 0 Å². The summed E-state index contributed by atoms with van der Waals surface area (Å²) in [5.74, 6) is 0.220. The molecule has 3 aromatic rings. The fourth-order valence-corrected chi connectivity index (χ4v) is 4.89. The number of hydrogen-bond acceptors (Lipinski definition) is 5. The van der Waals surface area contributed by atoms with E-state index in [0.717, 1.165) is 23.3 Å². The van der Waals surface area contributed by atoms with Crippen LogP contribution >= 0.6 is 22.7 Å². The van der Waals surface area contributed by atoms with Gasteiger partial charge in [-0.2, -0.15) is 0 Å². The first-order valence-corrected chi connectivity index (χ1v) is 12.0. The molecule has 0 aliphatic rings. The van der Waals surface area contributed by atoms with E-state index in [0.29, 0.717) is 23.2 Å². The zero-order chi connectivity index (χ0) is 21.3. The molecule has 3 rings (SSSR count). The van der Waals surface area contributed by atoms with Crippen molar-refractivity contribution in [1.29, 1.82) is 0 Å². The van der Waals surface area contributed by atoms with E-state index >= 15 is 0 Å². The van der Waals surface area contributed by atoms with E-state index in [2.05, 4.69) is 41.6 Å². The lowest BCUT2D eigenvalue weighted by Crippen LogP contribution is -2.34. The lowest BCUT2D eigenvalue weighted by molar-refractivity contribution is -0.121. The van der Waals surface area contributed by atoms with Crippen LogP contribution in [0.15, 0.2) is 53.2 Å². The fourth-order valence-electron chi connectivity index (χ4n) is 3.46. The Morgan fingerprint density at radius 2 is 1.73 bits per heavy atom. The topological polar surface area (TPSA) is 71.1 Å². The average molecular weight is 442 g/mol. The molecule has 1 aromatic carbocycles. The highest BCUT2D eigenvalue weighted by atomic mass is 32.1. The minimum Gasteiger partial charge on any atom is -0.349 e. The Balaban J connectivity index is 1.59. The number of anilines is 1. The van der Waals surface area contributed by atoms with Gasteiger partial charge in [-0.3, -0.25) is 9.59 Å². The van der Waals surface area contributed by atoms with E-state index < -0.39 is 0 Å². The van der Waals surface area contributed by atoms with Crippen molar-refractivity contribution in [3.05, 3.63) is 69.4 Å². The summed E-state index contributed by atoms with van der Waals surface area (Å²) < 4.78 is 0. The van der Waals surface area contributed by atoms with E-state index in [1.165, 1.54) is 11.3 Å². The molecule has 2 heterocycles. The molecule has 2 aromatic heterocycles. The second kappa shape index (κ2) is 11.0. The SMILES string of the molecule is CCC(CC)C(NC(=O)Cc1csc(NC(=O)Cc2cccs2)n1)c1ccccc1. The Labute approximate surface area is 185 Å². The first-order valence-electron chi connectivity index (χ1n) is 10.2. The Hall–Kier alpha value is -2.51. The molecule has 2 N–H and O–H groups in total. The summed E-state index contributed by atoms with van der Waals surface area (Å²) in [5, 5.41) is 10.3. The molecule has 0 saturated carbocycles. The van der Waals surface area contributed by atoms with Crippen LogP contribution in [0.3, 0.4) is 0 Å². The van der Waals surface area contributed by atoms with Crippen LogP contribution in [0.25, 0.3) is 0 Å². The maximum atomic E-state index is 12.7. The van der Waals surface area contributed by atoms with Crippen LogP contribution in [0.5, 0.6) is 0 Å². The summed E-state index contributed by atoms with van der Waals surface area (Å²) in [4.78, 5) is 30.3. The van der Waals surface area contributed by atoms with Crippen LogP contribution in [0.1, 0.15) is 48.9 Å². The van der Waals surface area contributed by atoms with Crippen molar-refractivity contribution in [3.8, 4) is 0 Å². The average Bonchev–Trinajstić information content (AvgIpc) is 3.41. The minimum absolute atomic E-state index is 0.0164. The molecular formula is C23H27N3O2S2. The summed E-state index contributed by atoms with van der Waals surface area (Å²) in [6.07, 6.45) is 2.52. The molecule has 1 atom stereocenters. The zero-order valence-electron chi connectivity index (χ0n) is 17.3. The molecule has 0 bridgehead atoms. The van der Waals surface area contributed by atoms with E-state index in [4.69, 9.17) is 0 Å². The van der Waals surface area contributed by atoms with E-state index in [-0.39, 0.29) is 24.3 Å². The number of carbonyl (C=O) groups excluding carboxylic acids is 2. The highest BCUT2D eigenvalue weighted by Gasteiger charge is 2.22. The second-order valence-corrected chi connectivity index (χ2v) is 9.05. The Morgan fingerprint density at radius 3 is 2.40 bits per heavy atom. The monoisotopic (exact) mass is 441 g/mol. The molecule has 0 fully saturated rings.